The Labute approximate surface area is 624 Å². The number of aromatic nitrogens is 1. The minimum absolute atomic E-state index is 0.0239. The molecule has 34 heteroatoms. The van der Waals surface area contributed by atoms with Gasteiger partial charge in [-0.3, -0.25) is 67.1 Å². The van der Waals surface area contributed by atoms with Crippen LogP contribution in [0, 0.1) is 17.8 Å². The highest BCUT2D eigenvalue weighted by Gasteiger charge is 2.40. The highest BCUT2D eigenvalue weighted by atomic mass is 16.4. The van der Waals surface area contributed by atoms with E-state index >= 15 is 0 Å². The third kappa shape index (κ3) is 32.8. The van der Waals surface area contributed by atoms with Crippen LogP contribution in [0.1, 0.15) is 209 Å². The van der Waals surface area contributed by atoms with Crippen LogP contribution in [0.2, 0.25) is 0 Å². The van der Waals surface area contributed by atoms with Crippen LogP contribution in [0.5, 0.6) is 0 Å². The van der Waals surface area contributed by atoms with Crippen LogP contribution in [0.3, 0.4) is 0 Å². The van der Waals surface area contributed by atoms with Crippen LogP contribution in [0.15, 0.2) is 30.5 Å². The molecule has 0 unspecified atom stereocenters. The number of nitrogens with zero attached hydrogens (tertiary/aromatic N) is 1. The molecule has 1 aromatic carbocycles. The zero-order valence-corrected chi connectivity index (χ0v) is 63.3. The normalized spacial score (nSPS) is 16.5. The number of aliphatic carboxylic acids is 2. The number of hydrogen-bond donors (Lipinski definition) is 18. The number of carboxylic acids is 2. The molecule has 1 aliphatic heterocycles. The van der Waals surface area contributed by atoms with Crippen LogP contribution < -0.4 is 64.6 Å². The fourth-order valence-electron chi connectivity index (χ4n) is 12.3. The first-order chi connectivity index (χ1) is 50.5. The van der Waals surface area contributed by atoms with Crippen molar-refractivity contribution in [3.05, 3.63) is 36.0 Å². The Kier molecular flexibility index (Phi) is 40.7. The van der Waals surface area contributed by atoms with Crippen molar-refractivity contribution >= 4 is 99.6 Å². The molecule has 1 saturated heterocycles. The zero-order chi connectivity index (χ0) is 80.2. The summed E-state index contributed by atoms with van der Waals surface area (Å²) in [4.78, 5) is 202. The first-order valence-electron chi connectivity index (χ1n) is 37.4. The van der Waals surface area contributed by atoms with E-state index < -0.39 is 180 Å². The van der Waals surface area contributed by atoms with Gasteiger partial charge in [-0.05, 0) is 95.1 Å². The molecule has 0 radical (unpaired) electrons. The van der Waals surface area contributed by atoms with E-state index in [2.05, 4.69) is 58.2 Å². The molecule has 14 atom stereocenters. The lowest BCUT2D eigenvalue weighted by Gasteiger charge is -2.30. The minimum Gasteiger partial charge on any atom is -0.480 e. The summed E-state index contributed by atoms with van der Waals surface area (Å²) in [6.07, 6.45) is 8.75. The van der Waals surface area contributed by atoms with Gasteiger partial charge in [0.25, 0.3) is 0 Å². The summed E-state index contributed by atoms with van der Waals surface area (Å²) in [7, 11) is 0. The Hall–Kier alpha value is -9.31. The lowest BCUT2D eigenvalue weighted by molar-refractivity contribution is -0.142. The molecule has 0 aliphatic carbocycles. The summed E-state index contributed by atoms with van der Waals surface area (Å²) in [5, 5.41) is 76.1. The van der Waals surface area contributed by atoms with E-state index in [1.54, 1.807) is 53.8 Å². The van der Waals surface area contributed by atoms with Gasteiger partial charge in [0.15, 0.2) is 0 Å². The number of amides is 13. The summed E-state index contributed by atoms with van der Waals surface area (Å²) < 4.78 is 0. The monoisotopic (exact) mass is 1510 g/mol. The molecule has 0 bridgehead atoms. The van der Waals surface area contributed by atoms with Gasteiger partial charge < -0.3 is 100 Å². The van der Waals surface area contributed by atoms with Crippen molar-refractivity contribution in [3.63, 3.8) is 0 Å². The number of para-hydroxylation sites is 1. The van der Waals surface area contributed by atoms with Gasteiger partial charge in [-0.15, -0.1) is 0 Å². The van der Waals surface area contributed by atoms with Gasteiger partial charge in [0.2, 0.25) is 76.8 Å². The van der Waals surface area contributed by atoms with E-state index in [0.717, 1.165) is 75.6 Å². The Morgan fingerprint density at radius 3 is 1.45 bits per heavy atom. The number of fused-ring (bicyclic) bond motifs is 1. The molecule has 2 heterocycles. The maximum absolute atomic E-state index is 14.2. The summed E-state index contributed by atoms with van der Waals surface area (Å²) in [6.45, 7) is 13.4. The van der Waals surface area contributed by atoms with E-state index in [9.17, 15) is 97.5 Å². The number of benzene rings is 1. The smallest absolute Gasteiger partial charge is 0.326 e. The average molecular weight is 1510 g/mol. The van der Waals surface area contributed by atoms with E-state index in [-0.39, 0.29) is 62.7 Å². The third-order valence-corrected chi connectivity index (χ3v) is 18.6. The molecule has 3 rings (SSSR count). The molecule has 600 valence electrons. The van der Waals surface area contributed by atoms with Crippen LogP contribution in [0.4, 0.5) is 0 Å². The molecular formula is C73H118N14O20. The number of hydrogen-bond acceptors (Lipinski definition) is 18. The number of aliphatic hydroxyl groups is 3. The van der Waals surface area contributed by atoms with Crippen LogP contribution >= 0.6 is 0 Å². The molecular weight excluding hydrogens is 1390 g/mol. The first kappa shape index (κ1) is 91.9. The largest absolute Gasteiger partial charge is 0.480 e. The number of carboxylic acid groups (broad SMARTS) is 2. The highest BCUT2D eigenvalue weighted by molar-refractivity contribution is 5.99. The van der Waals surface area contributed by atoms with Gasteiger partial charge in [0.1, 0.15) is 66.5 Å². The second-order valence-electron chi connectivity index (χ2n) is 28.8. The SMILES string of the molecule is CC[C@H](C)[C@H](NC(=O)[C@H](CCC(N)=O)NC(=O)[C@@H]1CCCN1C(=O)CCCCCCCCCCCCCCC(=O)N[C@@H](CO)C(=O)N[C@H](C(=O)N[C@@H](CC(C)C)C(=O)N[C@@H](CC(N)=O)C(=O)N[C@@H](C)C(=O)O)[C@H](C)O)C(=O)N[C@H](C(=O)N[C@@H](CC(C)C)C(=O)N[C@@H](Cc1c[nH]c2ccccc12)C(=O)O)[C@@H](C)O. The zero-order valence-electron chi connectivity index (χ0n) is 63.3. The summed E-state index contributed by atoms with van der Waals surface area (Å²) in [5.41, 5.74) is 12.2. The van der Waals surface area contributed by atoms with Gasteiger partial charge in [0, 0.05) is 49.3 Å². The number of unbranched alkanes of at least 4 members (excludes halogenated alkanes) is 11. The van der Waals surface area contributed by atoms with Crippen LogP contribution in [-0.2, 0) is 78.3 Å². The van der Waals surface area contributed by atoms with Gasteiger partial charge in [-0.2, -0.15) is 0 Å². The number of carbonyl (C=O) groups excluding carboxylic acids is 13. The molecule has 20 N–H and O–H groups in total. The highest BCUT2D eigenvalue weighted by Crippen LogP contribution is 2.23. The topological polar surface area (TPSA) is 549 Å². The molecule has 0 spiro atoms. The summed E-state index contributed by atoms with van der Waals surface area (Å²) >= 11 is 0. The fraction of sp³-hybridized carbons (Fsp3) is 0.685. The predicted molar refractivity (Wildman–Crippen MR) is 393 cm³/mol. The number of aromatic amines is 1. The molecule has 1 fully saturated rings. The Balaban J connectivity index is 1.44. The van der Waals surface area contributed by atoms with Gasteiger partial charge >= 0.3 is 11.9 Å². The molecule has 13 amide bonds. The Morgan fingerprint density at radius 1 is 0.505 bits per heavy atom. The molecule has 34 nitrogen and oxygen atoms in total. The van der Waals surface area contributed by atoms with E-state index in [0.29, 0.717) is 50.6 Å². The van der Waals surface area contributed by atoms with Crippen molar-refractivity contribution in [2.45, 2.75) is 289 Å². The van der Waals surface area contributed by atoms with Gasteiger partial charge in [-0.1, -0.05) is 130 Å². The van der Waals surface area contributed by atoms with Gasteiger partial charge in [0.05, 0.1) is 25.2 Å². The number of H-pyrrole nitrogens is 1. The number of likely N-dealkylation sites (tertiary alicyclic amines) is 1. The summed E-state index contributed by atoms with van der Waals surface area (Å²) in [6, 6.07) is -8.35. The van der Waals surface area contributed by atoms with Crippen molar-refractivity contribution in [2.75, 3.05) is 13.2 Å². The summed E-state index contributed by atoms with van der Waals surface area (Å²) in [5.74, 6) is -14.5. The second kappa shape index (κ2) is 47.4. The number of carbonyl (C=O) groups is 15. The number of rotatable bonds is 52. The second-order valence-corrected chi connectivity index (χ2v) is 28.8. The molecule has 2 aromatic rings. The lowest BCUT2D eigenvalue weighted by Crippen LogP contribution is -2.62. The molecule has 1 aliphatic rings. The van der Waals surface area contributed by atoms with E-state index in [1.807, 2.05) is 18.2 Å². The van der Waals surface area contributed by atoms with Crippen molar-refractivity contribution in [1.82, 2.24) is 63.1 Å². The standard InChI is InChI=1S/C73H118N14O20/c1-10-42(6)60(69(101)86-62(45(9)90)71(103)82-51(35-41(4)5)66(98)83-53(73(106)107)36-46-38-76-48-27-24-23-26-47(46)48)84-63(95)49(31-32-56(74)91)79-68(100)55-28-25-33-87(55)59(94)30-22-20-18-16-14-12-11-13-15-17-19-21-29-58(93)78-54(39-88)67(99)85-61(44(8)89)70(102)81-50(34-40(2)3)65(97)80-52(37-57(75)92)64(96)77-43(7)72(104)105/h23-24,26-27,38,40-45,49-55,60-62,76,88-90H,10-22,25,28-37,39H2,1-9H3,(H2,74,91)(H2,75,92)(H,77,96)(H,78,93)(H,79,100)(H,80,97)(H,81,102)(H,82,103)(H,83,98)(H,84,95)(H,85,99)(H,86,101)(H,104,105)(H,106,107)/t42-,43-,44-,45+,49-,50-,51-,52-,53-,54-,55-,60-,61-,62-/m0/s1. The predicted octanol–water partition coefficient (Wildman–Crippen LogP) is 0.233. The number of primary amides is 2. The molecule has 107 heavy (non-hydrogen) atoms. The molecule has 1 aromatic heterocycles. The third-order valence-electron chi connectivity index (χ3n) is 18.6. The maximum Gasteiger partial charge on any atom is 0.326 e. The minimum atomic E-state index is -1.69. The van der Waals surface area contributed by atoms with Crippen molar-refractivity contribution < 1.29 is 97.5 Å². The van der Waals surface area contributed by atoms with E-state index in [1.165, 1.54) is 18.7 Å². The van der Waals surface area contributed by atoms with Gasteiger partial charge in [-0.25, -0.2) is 4.79 Å². The number of nitrogens with one attached hydrogen (secondary N) is 11. The number of aliphatic hydroxyl groups excluding tert-OH is 3. The number of nitrogens with two attached hydrogens (primary N) is 2. The van der Waals surface area contributed by atoms with Crippen LogP contribution in [0.25, 0.3) is 10.9 Å². The Bertz CT molecular complexity index is 3310. The Morgan fingerprint density at radius 2 is 0.963 bits per heavy atom. The fourth-order valence-corrected chi connectivity index (χ4v) is 12.3. The first-order valence-corrected chi connectivity index (χ1v) is 37.4. The lowest BCUT2D eigenvalue weighted by atomic mass is 9.96. The maximum atomic E-state index is 14.2. The van der Waals surface area contributed by atoms with Crippen LogP contribution in [-0.4, -0.2) is 216 Å². The molecule has 0 saturated carbocycles. The van der Waals surface area contributed by atoms with Crippen molar-refractivity contribution in [1.29, 1.82) is 0 Å². The van der Waals surface area contributed by atoms with Crippen molar-refractivity contribution in [2.24, 2.45) is 29.2 Å². The van der Waals surface area contributed by atoms with E-state index in [4.69, 9.17) is 11.5 Å². The quantitative estimate of drug-likeness (QED) is 0.0394. The average Bonchev–Trinajstić information content (AvgIpc) is 1.71. The van der Waals surface area contributed by atoms with Crippen molar-refractivity contribution in [3.8, 4) is 0 Å².